The van der Waals surface area contributed by atoms with Gasteiger partial charge in [-0.1, -0.05) is 33.3 Å². The normalized spacial score (nSPS) is 11.6. The maximum Gasteiger partial charge on any atom is 0.354 e. The van der Waals surface area contributed by atoms with Crippen LogP contribution >= 0.6 is 0 Å². The van der Waals surface area contributed by atoms with Gasteiger partial charge in [-0.2, -0.15) is 0 Å². The quantitative estimate of drug-likeness (QED) is 0.469. The van der Waals surface area contributed by atoms with Crippen LogP contribution in [0.5, 0.6) is 11.5 Å². The molecule has 0 saturated heterocycles. The van der Waals surface area contributed by atoms with Gasteiger partial charge >= 0.3 is 5.97 Å². The summed E-state index contributed by atoms with van der Waals surface area (Å²) in [4.78, 5) is 14.3. The van der Waals surface area contributed by atoms with Crippen LogP contribution in [0.1, 0.15) is 61.3 Å². The molecule has 0 aliphatic carbocycles. The lowest BCUT2D eigenvalue weighted by atomic mass is 10.1. The van der Waals surface area contributed by atoms with E-state index in [1.165, 1.54) is 18.2 Å². The summed E-state index contributed by atoms with van der Waals surface area (Å²) in [5, 5.41) is 39.8. The van der Waals surface area contributed by atoms with E-state index in [0.717, 1.165) is 24.8 Å². The summed E-state index contributed by atoms with van der Waals surface area (Å²) < 4.78 is 0. The van der Waals surface area contributed by atoms with E-state index >= 15 is 0 Å². The van der Waals surface area contributed by atoms with Crippen LogP contribution in [0.2, 0.25) is 0 Å². The molecule has 0 spiro atoms. The van der Waals surface area contributed by atoms with E-state index in [2.05, 4.69) is 17.2 Å². The van der Waals surface area contributed by atoms with Gasteiger partial charge in [-0.05, 0) is 42.2 Å². The van der Waals surface area contributed by atoms with Crippen LogP contribution in [-0.2, 0) is 6.42 Å². The second-order valence-corrected chi connectivity index (χ2v) is 6.82. The van der Waals surface area contributed by atoms with Crippen molar-refractivity contribution in [1.82, 2.24) is 10.3 Å². The van der Waals surface area contributed by atoms with Crippen molar-refractivity contribution in [1.29, 1.82) is 0 Å². The highest BCUT2D eigenvalue weighted by Gasteiger charge is 2.10. The minimum Gasteiger partial charge on any atom is -0.508 e. The van der Waals surface area contributed by atoms with Crippen LogP contribution in [0, 0.1) is 0 Å². The zero-order chi connectivity index (χ0) is 21.1. The molecule has 0 fully saturated rings. The fourth-order valence-corrected chi connectivity index (χ4v) is 2.36. The molecule has 1 aromatic heterocycles. The zero-order valence-corrected chi connectivity index (χ0v) is 16.6. The van der Waals surface area contributed by atoms with E-state index in [1.807, 2.05) is 19.9 Å². The first kappa shape index (κ1) is 23.4. The van der Waals surface area contributed by atoms with Crippen LogP contribution in [0.15, 0.2) is 36.5 Å². The summed E-state index contributed by atoms with van der Waals surface area (Å²) in [5.74, 6) is -1.07. The summed E-state index contributed by atoms with van der Waals surface area (Å²) in [5.41, 5.74) is 1.72. The van der Waals surface area contributed by atoms with E-state index < -0.39 is 12.1 Å². The van der Waals surface area contributed by atoms with Gasteiger partial charge in [0.25, 0.3) is 0 Å². The minimum atomic E-state index is -0.970. The number of pyridine rings is 1. The standard InChI is InChI=1S/C11H17NO3.C10H13NO2/c1-7(2)12-6-11(15)8-3-9(13)5-10(14)4-8;1-2-3-4-8-5-6-9(10(12)13)11-7-8/h3-5,7,11-15H,6H2,1-2H3;5-7H,2-4H2,1H3,(H,12,13). The first-order valence-corrected chi connectivity index (χ1v) is 9.35. The number of nitrogens with one attached hydrogen (secondary N) is 1. The average molecular weight is 390 g/mol. The van der Waals surface area contributed by atoms with Gasteiger partial charge < -0.3 is 25.7 Å². The largest absolute Gasteiger partial charge is 0.508 e. The molecule has 0 aliphatic rings. The molecule has 0 bridgehead atoms. The van der Waals surface area contributed by atoms with Crippen molar-refractivity contribution in [3.63, 3.8) is 0 Å². The number of nitrogens with zero attached hydrogens (tertiary/aromatic N) is 1. The van der Waals surface area contributed by atoms with Crippen molar-refractivity contribution in [2.75, 3.05) is 6.54 Å². The lowest BCUT2D eigenvalue weighted by molar-refractivity contribution is 0.0690. The first-order valence-electron chi connectivity index (χ1n) is 9.35. The molecule has 1 atom stereocenters. The molecular weight excluding hydrogens is 360 g/mol. The molecule has 0 saturated carbocycles. The Kier molecular flexibility index (Phi) is 9.98. The smallest absolute Gasteiger partial charge is 0.354 e. The number of hydrogen-bond acceptors (Lipinski definition) is 6. The molecule has 154 valence electrons. The SMILES string of the molecule is CC(C)NCC(O)c1cc(O)cc(O)c1.CCCCc1ccc(C(=O)O)nc1. The number of rotatable bonds is 8. The monoisotopic (exact) mass is 390 g/mol. The second-order valence-electron chi connectivity index (χ2n) is 6.82. The Morgan fingerprint density at radius 2 is 1.79 bits per heavy atom. The predicted molar refractivity (Wildman–Crippen MR) is 108 cm³/mol. The van der Waals surface area contributed by atoms with Gasteiger partial charge in [0.05, 0.1) is 6.10 Å². The van der Waals surface area contributed by atoms with Crippen molar-refractivity contribution in [2.24, 2.45) is 0 Å². The third-order valence-electron chi connectivity index (χ3n) is 3.89. The van der Waals surface area contributed by atoms with E-state index in [0.29, 0.717) is 12.1 Å². The van der Waals surface area contributed by atoms with Gasteiger partial charge in [-0.3, -0.25) is 0 Å². The Labute approximate surface area is 165 Å². The molecule has 7 heteroatoms. The molecule has 5 N–H and O–H groups in total. The maximum absolute atomic E-state index is 10.5. The highest BCUT2D eigenvalue weighted by molar-refractivity contribution is 5.85. The third kappa shape index (κ3) is 8.83. The number of aromatic nitrogens is 1. The summed E-state index contributed by atoms with van der Waals surface area (Å²) in [6.07, 6.45) is 4.14. The van der Waals surface area contributed by atoms with E-state index in [-0.39, 0.29) is 23.2 Å². The summed E-state index contributed by atoms with van der Waals surface area (Å²) in [6, 6.07) is 7.76. The van der Waals surface area contributed by atoms with Crippen LogP contribution in [0.25, 0.3) is 0 Å². The van der Waals surface area contributed by atoms with Crippen LogP contribution in [-0.4, -0.2) is 44.0 Å². The van der Waals surface area contributed by atoms with Crippen molar-refractivity contribution < 1.29 is 25.2 Å². The number of hydrogen-bond donors (Lipinski definition) is 5. The van der Waals surface area contributed by atoms with Crippen molar-refractivity contribution >= 4 is 5.97 Å². The fourth-order valence-electron chi connectivity index (χ4n) is 2.36. The Hall–Kier alpha value is -2.64. The molecule has 28 heavy (non-hydrogen) atoms. The Morgan fingerprint density at radius 1 is 1.14 bits per heavy atom. The van der Waals surface area contributed by atoms with Gasteiger partial charge in [0.15, 0.2) is 0 Å². The number of aliphatic hydroxyl groups excluding tert-OH is 1. The van der Waals surface area contributed by atoms with Crippen molar-refractivity contribution in [3.8, 4) is 11.5 Å². The van der Waals surface area contributed by atoms with E-state index in [1.54, 1.807) is 12.3 Å². The minimum absolute atomic E-state index is 0.0476. The molecule has 7 nitrogen and oxygen atoms in total. The average Bonchev–Trinajstić information content (AvgIpc) is 2.64. The highest BCUT2D eigenvalue weighted by atomic mass is 16.4. The number of aromatic hydroxyl groups is 2. The van der Waals surface area contributed by atoms with Gasteiger partial charge in [0, 0.05) is 24.8 Å². The molecule has 2 rings (SSSR count). The predicted octanol–water partition coefficient (Wildman–Crippen LogP) is 3.25. The van der Waals surface area contributed by atoms with Gasteiger partial charge in [0.1, 0.15) is 17.2 Å². The Bertz CT molecular complexity index is 712. The first-order chi connectivity index (χ1) is 13.2. The van der Waals surface area contributed by atoms with Gasteiger partial charge in [0.2, 0.25) is 0 Å². The summed E-state index contributed by atoms with van der Waals surface area (Å²) >= 11 is 0. The van der Waals surface area contributed by atoms with Crippen LogP contribution in [0.4, 0.5) is 0 Å². The van der Waals surface area contributed by atoms with E-state index in [9.17, 15) is 20.1 Å². The molecule has 1 unspecified atom stereocenters. The second kappa shape index (κ2) is 11.9. The molecule has 1 aromatic carbocycles. The molecule has 0 amide bonds. The number of aryl methyl sites for hydroxylation is 1. The number of aliphatic hydroxyl groups is 1. The fraction of sp³-hybridized carbons (Fsp3) is 0.429. The number of phenolic OH excluding ortho intramolecular Hbond substituents is 2. The number of unbranched alkanes of at least 4 members (excludes halogenated alkanes) is 1. The Morgan fingerprint density at radius 3 is 2.25 bits per heavy atom. The third-order valence-corrected chi connectivity index (χ3v) is 3.89. The highest BCUT2D eigenvalue weighted by Crippen LogP contribution is 2.24. The van der Waals surface area contributed by atoms with Gasteiger partial charge in [-0.15, -0.1) is 0 Å². The Balaban J connectivity index is 0.000000283. The lowest BCUT2D eigenvalue weighted by Gasteiger charge is -2.14. The molecule has 0 aliphatic heterocycles. The zero-order valence-electron chi connectivity index (χ0n) is 16.6. The van der Waals surface area contributed by atoms with Crippen molar-refractivity contribution in [2.45, 2.75) is 52.2 Å². The number of carbonyl (C=O) groups is 1. The van der Waals surface area contributed by atoms with Crippen LogP contribution < -0.4 is 5.32 Å². The molecule has 0 radical (unpaired) electrons. The van der Waals surface area contributed by atoms with Gasteiger partial charge in [-0.25, -0.2) is 9.78 Å². The summed E-state index contributed by atoms with van der Waals surface area (Å²) in [6.45, 7) is 6.47. The number of carboxylic acids is 1. The number of aromatic carboxylic acids is 1. The lowest BCUT2D eigenvalue weighted by Crippen LogP contribution is -2.27. The number of benzene rings is 1. The van der Waals surface area contributed by atoms with Crippen LogP contribution in [0.3, 0.4) is 0 Å². The topological polar surface area (TPSA) is 123 Å². The molecular formula is C21H30N2O5. The summed E-state index contributed by atoms with van der Waals surface area (Å²) in [7, 11) is 0. The number of phenols is 2. The maximum atomic E-state index is 10.5. The molecule has 2 aromatic rings. The van der Waals surface area contributed by atoms with Crippen molar-refractivity contribution in [3.05, 3.63) is 53.3 Å². The molecule has 1 heterocycles. The van der Waals surface area contributed by atoms with E-state index in [4.69, 9.17) is 5.11 Å². The number of carboxylic acid groups (broad SMARTS) is 1.